The average molecular weight is 473 g/mol. The maximum atomic E-state index is 11.8. The number of rotatable bonds is 7. The van der Waals surface area contributed by atoms with Crippen LogP contribution in [0.5, 0.6) is 0 Å². The van der Waals surface area contributed by atoms with Gasteiger partial charge in [0.25, 0.3) is 5.84 Å². The van der Waals surface area contributed by atoms with Gasteiger partial charge >= 0.3 is 5.97 Å². The number of hydrogen-bond acceptors (Lipinski definition) is 6. The molecule has 0 radical (unpaired) electrons. The van der Waals surface area contributed by atoms with E-state index in [1.807, 2.05) is 54.6 Å². The molecule has 2 aliphatic rings. The number of carbonyl (C=O) groups is 1. The van der Waals surface area contributed by atoms with E-state index in [0.29, 0.717) is 0 Å². The van der Waals surface area contributed by atoms with Crippen LogP contribution in [0.25, 0.3) is 0 Å². The number of nitrogens with zero attached hydrogens (tertiary/aromatic N) is 2. The van der Waals surface area contributed by atoms with Gasteiger partial charge in [-0.2, -0.15) is 4.83 Å². The minimum absolute atomic E-state index is 0.00747. The molecule has 0 aromatic heterocycles. The molecule has 172 valence electrons. The van der Waals surface area contributed by atoms with Gasteiger partial charge < -0.3 is 15.3 Å². The lowest BCUT2D eigenvalue weighted by molar-refractivity contribution is -0.130. The molecule has 0 spiro atoms. The molecule has 5 rings (SSSR count). The molecular formula is C26H24N4O3S. The lowest BCUT2D eigenvalue weighted by Gasteiger charge is -2.37. The minimum atomic E-state index is -1.17. The molecule has 1 saturated carbocycles. The molecule has 3 aromatic rings. The minimum Gasteiger partial charge on any atom is -0.475 e. The van der Waals surface area contributed by atoms with Crippen LogP contribution in [0.2, 0.25) is 0 Å². The third-order valence-electron chi connectivity index (χ3n) is 5.66. The van der Waals surface area contributed by atoms with Gasteiger partial charge in [0.15, 0.2) is 0 Å². The number of hydrazine groups is 1. The summed E-state index contributed by atoms with van der Waals surface area (Å²) in [6, 6.07) is 30.6. The summed E-state index contributed by atoms with van der Waals surface area (Å²) in [7, 11) is 0. The van der Waals surface area contributed by atoms with E-state index < -0.39 is 11.5 Å². The van der Waals surface area contributed by atoms with Crippen LogP contribution in [0.3, 0.4) is 0 Å². The molecule has 0 unspecified atom stereocenters. The fourth-order valence-electron chi connectivity index (χ4n) is 3.88. The zero-order chi connectivity index (χ0) is 23.4. The number of oxime groups is 1. The fraction of sp³-hybridized carbons (Fsp3) is 0.154. The van der Waals surface area contributed by atoms with Gasteiger partial charge in [-0.25, -0.2) is 9.80 Å². The van der Waals surface area contributed by atoms with E-state index in [9.17, 15) is 9.90 Å². The Labute approximate surface area is 202 Å². The van der Waals surface area contributed by atoms with Crippen LogP contribution >= 0.6 is 11.9 Å². The predicted molar refractivity (Wildman–Crippen MR) is 132 cm³/mol. The summed E-state index contributed by atoms with van der Waals surface area (Å²) in [5.74, 6) is -1.40. The normalized spacial score (nSPS) is 16.2. The Morgan fingerprint density at radius 2 is 1.44 bits per heavy atom. The van der Waals surface area contributed by atoms with Gasteiger partial charge in [0.2, 0.25) is 0 Å². The maximum Gasteiger partial charge on any atom is 0.377 e. The quantitative estimate of drug-likeness (QED) is 0.154. The summed E-state index contributed by atoms with van der Waals surface area (Å²) in [6.07, 6.45) is 3.49. The highest BCUT2D eigenvalue weighted by Crippen LogP contribution is 2.39. The molecule has 1 aliphatic heterocycles. The Bertz CT molecular complexity index is 1100. The van der Waals surface area contributed by atoms with Gasteiger partial charge in [-0.1, -0.05) is 96.2 Å². The summed E-state index contributed by atoms with van der Waals surface area (Å²) < 4.78 is 0. The van der Waals surface area contributed by atoms with Crippen molar-refractivity contribution in [2.24, 2.45) is 5.16 Å². The topological polar surface area (TPSA) is 86.2 Å². The molecular weight excluding hydrogens is 448 g/mol. The zero-order valence-corrected chi connectivity index (χ0v) is 19.1. The second kappa shape index (κ2) is 9.62. The second-order valence-electron chi connectivity index (χ2n) is 8.05. The van der Waals surface area contributed by atoms with Crippen LogP contribution in [0, 0.1) is 0 Å². The van der Waals surface area contributed by atoms with Crippen molar-refractivity contribution in [2.75, 3.05) is 0 Å². The molecule has 0 atom stereocenters. The third kappa shape index (κ3) is 4.50. The van der Waals surface area contributed by atoms with E-state index >= 15 is 0 Å². The van der Waals surface area contributed by atoms with Gasteiger partial charge in [0, 0.05) is 0 Å². The van der Waals surface area contributed by atoms with Crippen molar-refractivity contribution in [1.82, 2.24) is 15.2 Å². The van der Waals surface area contributed by atoms with E-state index in [4.69, 9.17) is 4.84 Å². The Morgan fingerprint density at radius 3 is 1.88 bits per heavy atom. The molecule has 7 nitrogen and oxygen atoms in total. The second-order valence-corrected chi connectivity index (χ2v) is 8.88. The Kier molecular flexibility index (Phi) is 6.24. The maximum absolute atomic E-state index is 11.8. The van der Waals surface area contributed by atoms with Crippen molar-refractivity contribution in [3.63, 3.8) is 0 Å². The van der Waals surface area contributed by atoms with Crippen LogP contribution in [0.15, 0.2) is 107 Å². The van der Waals surface area contributed by atoms with Crippen LogP contribution in [-0.2, 0) is 15.2 Å². The molecule has 1 aliphatic carbocycles. The summed E-state index contributed by atoms with van der Waals surface area (Å²) in [6.45, 7) is 0. The number of amidine groups is 1. The predicted octanol–water partition coefficient (Wildman–Crippen LogP) is 4.41. The molecule has 1 fully saturated rings. The molecule has 1 heterocycles. The van der Waals surface area contributed by atoms with Gasteiger partial charge in [-0.15, -0.1) is 0 Å². The van der Waals surface area contributed by atoms with Crippen LogP contribution in [-0.4, -0.2) is 28.0 Å². The Balaban J connectivity index is 1.57. The molecule has 0 saturated heterocycles. The number of nitrogens with one attached hydrogen (secondary N) is 2. The number of benzene rings is 3. The fourth-order valence-corrected chi connectivity index (χ4v) is 4.58. The summed E-state index contributed by atoms with van der Waals surface area (Å²) >= 11 is 1.28. The van der Waals surface area contributed by atoms with Gasteiger partial charge in [-0.05, 0) is 41.5 Å². The first-order chi connectivity index (χ1) is 16.7. The van der Waals surface area contributed by atoms with Crippen molar-refractivity contribution in [1.29, 1.82) is 0 Å². The average Bonchev–Trinajstić information content (AvgIpc) is 3.60. The monoisotopic (exact) mass is 472 g/mol. The summed E-state index contributed by atoms with van der Waals surface area (Å²) in [5.41, 5.74) is 2.44. The highest BCUT2D eigenvalue weighted by molar-refractivity contribution is 8.01. The van der Waals surface area contributed by atoms with Crippen molar-refractivity contribution < 1.29 is 14.7 Å². The first-order valence-corrected chi connectivity index (χ1v) is 11.8. The van der Waals surface area contributed by atoms with Crippen molar-refractivity contribution in [3.05, 3.63) is 119 Å². The van der Waals surface area contributed by atoms with E-state index in [2.05, 4.69) is 51.7 Å². The Hall–Kier alpha value is -3.75. The molecule has 34 heavy (non-hydrogen) atoms. The van der Waals surface area contributed by atoms with E-state index in [1.54, 1.807) is 6.20 Å². The highest BCUT2D eigenvalue weighted by Gasteiger charge is 2.38. The first kappa shape index (κ1) is 22.1. The summed E-state index contributed by atoms with van der Waals surface area (Å²) in [5, 5.41) is 19.3. The number of hydrogen-bond donors (Lipinski definition) is 3. The van der Waals surface area contributed by atoms with E-state index in [-0.39, 0.29) is 11.9 Å². The summed E-state index contributed by atoms with van der Waals surface area (Å²) in [4.78, 5) is 20.1. The number of carboxylic acids is 1. The van der Waals surface area contributed by atoms with Crippen molar-refractivity contribution >= 4 is 23.8 Å². The lowest BCUT2D eigenvalue weighted by Crippen LogP contribution is -2.43. The molecule has 3 N–H and O–H groups in total. The van der Waals surface area contributed by atoms with E-state index in [0.717, 1.165) is 34.6 Å². The van der Waals surface area contributed by atoms with Gasteiger partial charge in [0.1, 0.15) is 16.7 Å². The Morgan fingerprint density at radius 1 is 0.941 bits per heavy atom. The SMILES string of the molecule is O=C(O)C(=NOC1CC1)N1C=C(NC(c2ccccc2)(c2ccccc2)c2ccccc2)SN1. The standard InChI is InChI=1S/C26H24N4O3S/c31-25(32)24(28-33-22-16-17-22)30-18-23(34-29-30)27-26(19-10-4-1-5-11-19,20-12-6-2-7-13-20)21-14-8-3-9-15-21/h1-15,18,22,27,29H,16-17H2,(H,31,32). The van der Waals surface area contributed by atoms with Crippen molar-refractivity contribution in [2.45, 2.75) is 24.5 Å². The molecule has 0 bridgehead atoms. The molecule has 3 aromatic carbocycles. The van der Waals surface area contributed by atoms with Crippen LogP contribution in [0.4, 0.5) is 0 Å². The highest BCUT2D eigenvalue weighted by atomic mass is 32.2. The number of carboxylic acid groups (broad SMARTS) is 1. The van der Waals surface area contributed by atoms with Crippen LogP contribution in [0.1, 0.15) is 29.5 Å². The third-order valence-corrected chi connectivity index (χ3v) is 6.38. The first-order valence-electron chi connectivity index (χ1n) is 11.0. The van der Waals surface area contributed by atoms with Gasteiger partial charge in [-0.3, -0.25) is 0 Å². The number of aliphatic carboxylic acids is 1. The molecule has 0 amide bonds. The van der Waals surface area contributed by atoms with Crippen LogP contribution < -0.4 is 10.1 Å². The largest absolute Gasteiger partial charge is 0.475 e. The van der Waals surface area contributed by atoms with Crippen molar-refractivity contribution in [3.8, 4) is 0 Å². The lowest BCUT2D eigenvalue weighted by atomic mass is 9.77. The molecule has 8 heteroatoms. The van der Waals surface area contributed by atoms with E-state index in [1.165, 1.54) is 17.0 Å². The van der Waals surface area contributed by atoms with Gasteiger partial charge in [0.05, 0.1) is 6.20 Å². The zero-order valence-electron chi connectivity index (χ0n) is 18.3. The smallest absolute Gasteiger partial charge is 0.377 e.